The van der Waals surface area contributed by atoms with Crippen molar-refractivity contribution in [3.05, 3.63) is 89.9 Å². The molecule has 0 aliphatic carbocycles. The van der Waals surface area contributed by atoms with Crippen LogP contribution in [0.25, 0.3) is 17.3 Å². The number of allylic oxidation sites excluding steroid dienone is 1. The maximum Gasteiger partial charge on any atom is 0.189 e. The van der Waals surface area contributed by atoms with Gasteiger partial charge >= 0.3 is 0 Å². The SMILES string of the molecule is COc1ccc(-c2nn(Cc3ccccc3)cc2C=CC(=O)c2cnn(C(C)C)c2)cc1OC. The number of hydrogen-bond donors (Lipinski definition) is 0. The van der Waals surface area contributed by atoms with Crippen LogP contribution in [0.15, 0.2) is 73.2 Å². The Balaban J connectivity index is 1.69. The normalized spacial score (nSPS) is 11.3. The molecule has 7 heteroatoms. The Morgan fingerprint density at radius 3 is 2.47 bits per heavy atom. The Bertz CT molecular complexity index is 1300. The van der Waals surface area contributed by atoms with E-state index in [9.17, 15) is 4.79 Å². The van der Waals surface area contributed by atoms with Crippen LogP contribution >= 0.6 is 0 Å². The number of carbonyl (C=O) groups excluding carboxylic acids is 1. The molecular weight excluding hydrogens is 428 g/mol. The van der Waals surface area contributed by atoms with Crippen LogP contribution in [0.5, 0.6) is 11.5 Å². The molecule has 4 aromatic rings. The summed E-state index contributed by atoms with van der Waals surface area (Å²) in [4.78, 5) is 12.8. The van der Waals surface area contributed by atoms with Crippen molar-refractivity contribution < 1.29 is 14.3 Å². The van der Waals surface area contributed by atoms with Crippen molar-refractivity contribution >= 4 is 11.9 Å². The number of carbonyl (C=O) groups is 1. The smallest absolute Gasteiger partial charge is 0.189 e. The van der Waals surface area contributed by atoms with Crippen molar-refractivity contribution in [3.63, 3.8) is 0 Å². The van der Waals surface area contributed by atoms with Crippen LogP contribution < -0.4 is 9.47 Å². The van der Waals surface area contributed by atoms with Gasteiger partial charge in [0.15, 0.2) is 17.3 Å². The Hall–Kier alpha value is -4.13. The summed E-state index contributed by atoms with van der Waals surface area (Å²) in [6.07, 6.45) is 8.68. The molecule has 0 spiro atoms. The lowest BCUT2D eigenvalue weighted by molar-refractivity contribution is 0.104. The molecule has 0 aliphatic rings. The van der Waals surface area contributed by atoms with Gasteiger partial charge in [0, 0.05) is 29.6 Å². The summed E-state index contributed by atoms with van der Waals surface area (Å²) in [6, 6.07) is 16.0. The summed E-state index contributed by atoms with van der Waals surface area (Å²) in [7, 11) is 3.21. The van der Waals surface area contributed by atoms with E-state index < -0.39 is 0 Å². The zero-order valence-electron chi connectivity index (χ0n) is 19.8. The highest BCUT2D eigenvalue weighted by atomic mass is 16.5. The zero-order valence-corrected chi connectivity index (χ0v) is 19.8. The summed E-state index contributed by atoms with van der Waals surface area (Å²) in [5, 5.41) is 9.09. The molecule has 0 bridgehead atoms. The predicted molar refractivity (Wildman–Crippen MR) is 132 cm³/mol. The predicted octanol–water partition coefficient (Wildman–Crippen LogP) is 5.29. The van der Waals surface area contributed by atoms with Crippen molar-refractivity contribution in [3.8, 4) is 22.8 Å². The number of ketones is 1. The first-order valence-corrected chi connectivity index (χ1v) is 11.1. The average Bonchev–Trinajstić information content (AvgIpc) is 3.50. The minimum atomic E-state index is -0.110. The molecule has 4 rings (SSSR count). The molecule has 7 nitrogen and oxygen atoms in total. The van der Waals surface area contributed by atoms with Crippen LogP contribution in [-0.2, 0) is 6.54 Å². The molecule has 0 saturated heterocycles. The summed E-state index contributed by atoms with van der Waals surface area (Å²) in [6.45, 7) is 4.66. The third-order valence-electron chi connectivity index (χ3n) is 5.46. The van der Waals surface area contributed by atoms with E-state index in [1.54, 1.807) is 43.4 Å². The molecule has 2 heterocycles. The Morgan fingerprint density at radius 2 is 1.79 bits per heavy atom. The molecule has 34 heavy (non-hydrogen) atoms. The quantitative estimate of drug-likeness (QED) is 0.253. The number of benzene rings is 2. The highest BCUT2D eigenvalue weighted by Gasteiger charge is 2.14. The lowest BCUT2D eigenvalue weighted by atomic mass is 10.1. The first kappa shape index (κ1) is 23.0. The van der Waals surface area contributed by atoms with E-state index in [0.29, 0.717) is 23.6 Å². The van der Waals surface area contributed by atoms with Gasteiger partial charge < -0.3 is 9.47 Å². The number of hydrogen-bond acceptors (Lipinski definition) is 5. The molecule has 0 atom stereocenters. The monoisotopic (exact) mass is 456 g/mol. The Morgan fingerprint density at radius 1 is 1.03 bits per heavy atom. The Kier molecular flexibility index (Phi) is 6.92. The maximum absolute atomic E-state index is 12.8. The molecule has 0 aliphatic heterocycles. The molecule has 0 unspecified atom stereocenters. The first-order valence-electron chi connectivity index (χ1n) is 11.1. The maximum atomic E-state index is 12.8. The average molecular weight is 457 g/mol. The summed E-state index contributed by atoms with van der Waals surface area (Å²) in [5.41, 5.74) is 4.13. The van der Waals surface area contributed by atoms with Crippen LogP contribution in [0.2, 0.25) is 0 Å². The van der Waals surface area contributed by atoms with Crippen LogP contribution in [0.4, 0.5) is 0 Å². The summed E-state index contributed by atoms with van der Waals surface area (Å²) in [5.74, 6) is 1.15. The lowest BCUT2D eigenvalue weighted by Crippen LogP contribution is -2.00. The van der Waals surface area contributed by atoms with Gasteiger partial charge in [-0.2, -0.15) is 10.2 Å². The van der Waals surface area contributed by atoms with Crippen molar-refractivity contribution in [1.82, 2.24) is 19.6 Å². The van der Waals surface area contributed by atoms with Crippen molar-refractivity contribution in [2.45, 2.75) is 26.4 Å². The van der Waals surface area contributed by atoms with Gasteiger partial charge in [-0.25, -0.2) is 0 Å². The molecular formula is C27H28N4O3. The molecule has 0 saturated carbocycles. The minimum Gasteiger partial charge on any atom is -0.493 e. The number of ether oxygens (including phenoxy) is 2. The molecule has 174 valence electrons. The van der Waals surface area contributed by atoms with Gasteiger partial charge in [0.1, 0.15) is 0 Å². The highest BCUT2D eigenvalue weighted by molar-refractivity contribution is 6.06. The standard InChI is InChI=1S/C27H28N4O3/c1-19(2)31-18-23(15-28-31)24(32)12-10-22-17-30(16-20-8-6-5-7-9-20)29-27(22)21-11-13-25(33-3)26(14-21)34-4/h5-15,17-19H,16H2,1-4H3. The number of nitrogens with zero attached hydrogens (tertiary/aromatic N) is 4. The summed E-state index contributed by atoms with van der Waals surface area (Å²) >= 11 is 0. The molecule has 0 amide bonds. The fraction of sp³-hybridized carbons (Fsp3) is 0.222. The summed E-state index contributed by atoms with van der Waals surface area (Å²) < 4.78 is 14.5. The third kappa shape index (κ3) is 5.09. The van der Waals surface area contributed by atoms with E-state index in [1.165, 1.54) is 0 Å². The molecule has 0 fully saturated rings. The van der Waals surface area contributed by atoms with Gasteiger partial charge in [-0.15, -0.1) is 0 Å². The van der Waals surface area contributed by atoms with Crippen molar-refractivity contribution in [2.75, 3.05) is 14.2 Å². The second-order valence-corrected chi connectivity index (χ2v) is 8.19. The van der Waals surface area contributed by atoms with E-state index >= 15 is 0 Å². The fourth-order valence-electron chi connectivity index (χ4n) is 3.63. The van der Waals surface area contributed by atoms with Crippen LogP contribution in [0, 0.1) is 0 Å². The minimum absolute atomic E-state index is 0.110. The number of aromatic nitrogens is 4. The number of rotatable bonds is 9. The Labute approximate surface area is 199 Å². The first-order chi connectivity index (χ1) is 16.5. The van der Waals surface area contributed by atoms with Crippen LogP contribution in [0.3, 0.4) is 0 Å². The van der Waals surface area contributed by atoms with E-state index in [1.807, 2.05) is 61.1 Å². The second kappa shape index (κ2) is 10.2. The molecule has 2 aromatic heterocycles. The fourth-order valence-corrected chi connectivity index (χ4v) is 3.63. The van der Waals surface area contributed by atoms with Gasteiger partial charge in [-0.1, -0.05) is 30.3 Å². The van der Waals surface area contributed by atoms with Crippen molar-refractivity contribution in [1.29, 1.82) is 0 Å². The molecule has 0 radical (unpaired) electrons. The zero-order chi connectivity index (χ0) is 24.1. The van der Waals surface area contributed by atoms with Gasteiger partial charge in [-0.3, -0.25) is 14.2 Å². The number of methoxy groups -OCH3 is 2. The molecule has 2 aromatic carbocycles. The topological polar surface area (TPSA) is 71.2 Å². The van der Waals surface area contributed by atoms with Gasteiger partial charge in [-0.05, 0) is 49.8 Å². The largest absolute Gasteiger partial charge is 0.493 e. The van der Waals surface area contributed by atoms with Crippen molar-refractivity contribution in [2.24, 2.45) is 0 Å². The van der Waals surface area contributed by atoms with Crippen LogP contribution in [-0.4, -0.2) is 39.6 Å². The second-order valence-electron chi connectivity index (χ2n) is 8.19. The van der Waals surface area contributed by atoms with E-state index in [2.05, 4.69) is 17.2 Å². The van der Waals surface area contributed by atoms with Gasteiger partial charge in [0.25, 0.3) is 0 Å². The highest BCUT2D eigenvalue weighted by Crippen LogP contribution is 2.33. The van der Waals surface area contributed by atoms with E-state index in [4.69, 9.17) is 14.6 Å². The lowest BCUT2D eigenvalue weighted by Gasteiger charge is -2.09. The van der Waals surface area contributed by atoms with E-state index in [0.717, 1.165) is 22.4 Å². The van der Waals surface area contributed by atoms with Gasteiger partial charge in [0.2, 0.25) is 0 Å². The third-order valence-corrected chi connectivity index (χ3v) is 5.46. The van der Waals surface area contributed by atoms with E-state index in [-0.39, 0.29) is 11.8 Å². The van der Waals surface area contributed by atoms with Gasteiger partial charge in [0.05, 0.1) is 38.2 Å². The molecule has 0 N–H and O–H groups in total. The van der Waals surface area contributed by atoms with Crippen LogP contribution in [0.1, 0.15) is 41.4 Å².